The molecule has 9 heteroatoms. The van der Waals surface area contributed by atoms with Crippen molar-refractivity contribution in [3.05, 3.63) is 116 Å². The molecule has 0 aliphatic carbocycles. The van der Waals surface area contributed by atoms with E-state index in [4.69, 9.17) is 9.47 Å². The number of aliphatic hydroxyl groups excluding tert-OH is 1. The number of rotatable bonds is 12. The molecule has 2 bridgehead atoms. The van der Waals surface area contributed by atoms with Crippen molar-refractivity contribution in [1.82, 2.24) is 4.90 Å². The Balaban J connectivity index is 1.46. The molecule has 2 unspecified atom stereocenters. The first-order chi connectivity index (χ1) is 22.4. The number of fused-ring (bicyclic) bond motifs is 1. The Morgan fingerprint density at radius 2 is 1.54 bits per heavy atom. The SMILES string of the molecule is C=CCN(C(=O)C1N([C@H](CO)c2ccccc2)C(=O)[C@@H]2[C@H](C(=O)N(CC=C)c3ccccc3)[C@@H]3CCC12O3)c1ccc(OC)cc1. The molecule has 3 aliphatic heterocycles. The standard InChI is InChI=1S/C37H39N3O6/c1-4-22-38(26-14-10-7-11-15-26)34(42)31-30-20-21-37(46-30)32(31)35(43)40(29(24-41)25-12-8-6-9-13-25)33(37)36(44)39(23-5-2)27-16-18-28(45-3)19-17-27/h4-19,29-33,41H,1-2,20-24H2,3H3/t29-,30+,31-,32+,33?,37?/m1/s1. The van der Waals surface area contributed by atoms with Gasteiger partial charge in [-0.3, -0.25) is 14.4 Å². The number of benzene rings is 3. The van der Waals surface area contributed by atoms with Gasteiger partial charge in [-0.15, -0.1) is 13.2 Å². The lowest BCUT2D eigenvalue weighted by Crippen LogP contribution is -2.57. The number of ether oxygens (including phenoxy) is 2. The van der Waals surface area contributed by atoms with Crippen molar-refractivity contribution in [2.24, 2.45) is 11.8 Å². The van der Waals surface area contributed by atoms with Crippen LogP contribution in [0.5, 0.6) is 5.75 Å². The van der Waals surface area contributed by atoms with E-state index in [1.54, 1.807) is 53.3 Å². The van der Waals surface area contributed by atoms with Crippen LogP contribution in [0, 0.1) is 11.8 Å². The van der Waals surface area contributed by atoms with Crippen LogP contribution in [-0.4, -0.2) is 72.3 Å². The molecule has 3 aliphatic rings. The molecule has 3 aromatic carbocycles. The number of para-hydroxylation sites is 1. The lowest BCUT2D eigenvalue weighted by molar-refractivity contribution is -0.144. The van der Waals surface area contributed by atoms with Gasteiger partial charge in [0, 0.05) is 24.5 Å². The number of methoxy groups -OCH3 is 1. The van der Waals surface area contributed by atoms with Crippen molar-refractivity contribution in [1.29, 1.82) is 0 Å². The molecule has 9 nitrogen and oxygen atoms in total. The molecule has 3 amide bonds. The van der Waals surface area contributed by atoms with E-state index in [0.717, 1.165) is 0 Å². The Morgan fingerprint density at radius 3 is 2.13 bits per heavy atom. The fourth-order valence-corrected chi connectivity index (χ4v) is 7.62. The average molecular weight is 622 g/mol. The van der Waals surface area contributed by atoms with Gasteiger partial charge in [-0.25, -0.2) is 0 Å². The Morgan fingerprint density at radius 1 is 0.957 bits per heavy atom. The summed E-state index contributed by atoms with van der Waals surface area (Å²) in [5.41, 5.74) is 0.708. The van der Waals surface area contributed by atoms with Gasteiger partial charge in [0.1, 0.15) is 17.4 Å². The van der Waals surface area contributed by atoms with E-state index in [1.807, 2.05) is 60.7 Å². The number of anilines is 2. The first-order valence-corrected chi connectivity index (χ1v) is 15.6. The van der Waals surface area contributed by atoms with Gasteiger partial charge < -0.3 is 29.3 Å². The molecular formula is C37H39N3O6. The zero-order chi connectivity index (χ0) is 32.4. The number of nitrogens with zero attached hydrogens (tertiary/aromatic N) is 3. The molecule has 46 heavy (non-hydrogen) atoms. The van der Waals surface area contributed by atoms with E-state index in [9.17, 15) is 19.5 Å². The predicted molar refractivity (Wildman–Crippen MR) is 175 cm³/mol. The summed E-state index contributed by atoms with van der Waals surface area (Å²) in [6.07, 6.45) is 3.70. The predicted octanol–water partition coefficient (Wildman–Crippen LogP) is 4.54. The highest BCUT2D eigenvalue weighted by Crippen LogP contribution is 2.60. The Bertz CT molecular complexity index is 1600. The highest BCUT2D eigenvalue weighted by Gasteiger charge is 2.75. The van der Waals surface area contributed by atoms with Crippen LogP contribution in [0.1, 0.15) is 24.4 Å². The van der Waals surface area contributed by atoms with Crippen LogP contribution in [-0.2, 0) is 19.1 Å². The van der Waals surface area contributed by atoms with Gasteiger partial charge in [-0.1, -0.05) is 60.7 Å². The summed E-state index contributed by atoms with van der Waals surface area (Å²) < 4.78 is 12.1. The molecule has 3 fully saturated rings. The Kier molecular flexibility index (Phi) is 8.80. The number of aliphatic hydroxyl groups is 1. The largest absolute Gasteiger partial charge is 0.497 e. The molecule has 3 aromatic rings. The van der Waals surface area contributed by atoms with Crippen LogP contribution in [0.4, 0.5) is 11.4 Å². The molecule has 1 N–H and O–H groups in total. The lowest BCUT2D eigenvalue weighted by atomic mass is 9.70. The van der Waals surface area contributed by atoms with Crippen LogP contribution >= 0.6 is 0 Å². The molecule has 238 valence electrons. The topological polar surface area (TPSA) is 99.6 Å². The zero-order valence-corrected chi connectivity index (χ0v) is 25.9. The Labute approximate surface area is 269 Å². The van der Waals surface area contributed by atoms with Gasteiger partial charge in [0.2, 0.25) is 11.8 Å². The van der Waals surface area contributed by atoms with Gasteiger partial charge in [0.25, 0.3) is 5.91 Å². The van der Waals surface area contributed by atoms with E-state index in [2.05, 4.69) is 13.2 Å². The minimum absolute atomic E-state index is 0.173. The minimum atomic E-state index is -1.26. The second-order valence-electron chi connectivity index (χ2n) is 11.9. The van der Waals surface area contributed by atoms with Crippen molar-refractivity contribution < 1.29 is 29.0 Å². The average Bonchev–Trinajstić information content (AvgIpc) is 3.74. The maximum absolute atomic E-state index is 14.9. The summed E-state index contributed by atoms with van der Waals surface area (Å²) in [6, 6.07) is 23.6. The number of hydrogen-bond donors (Lipinski definition) is 1. The summed E-state index contributed by atoms with van der Waals surface area (Å²) in [5.74, 6) is -2.08. The van der Waals surface area contributed by atoms with Crippen LogP contribution in [0.2, 0.25) is 0 Å². The van der Waals surface area contributed by atoms with Crippen LogP contribution in [0.3, 0.4) is 0 Å². The minimum Gasteiger partial charge on any atom is -0.497 e. The second-order valence-corrected chi connectivity index (χ2v) is 11.9. The van der Waals surface area contributed by atoms with E-state index in [0.29, 0.717) is 35.5 Å². The van der Waals surface area contributed by atoms with Gasteiger partial charge in [0.05, 0.1) is 37.7 Å². The van der Waals surface area contributed by atoms with Gasteiger partial charge in [-0.2, -0.15) is 0 Å². The molecule has 3 heterocycles. The fourth-order valence-electron chi connectivity index (χ4n) is 7.62. The van der Waals surface area contributed by atoms with Gasteiger partial charge in [-0.05, 0) is 54.8 Å². The fraction of sp³-hybridized carbons (Fsp3) is 0.324. The number of hydrogen-bond acceptors (Lipinski definition) is 6. The molecule has 6 atom stereocenters. The number of carbonyl (C=O) groups excluding carboxylic acids is 3. The molecule has 0 aromatic heterocycles. The molecule has 0 saturated carbocycles. The third-order valence-electron chi connectivity index (χ3n) is 9.56. The van der Waals surface area contributed by atoms with E-state index >= 15 is 0 Å². The maximum atomic E-state index is 14.9. The van der Waals surface area contributed by atoms with Crippen molar-refractivity contribution in [2.75, 3.05) is 36.6 Å². The van der Waals surface area contributed by atoms with Gasteiger partial charge >= 0.3 is 0 Å². The monoisotopic (exact) mass is 621 g/mol. The third-order valence-corrected chi connectivity index (χ3v) is 9.56. The highest BCUT2D eigenvalue weighted by molar-refractivity contribution is 6.06. The van der Waals surface area contributed by atoms with E-state index < -0.39 is 42.2 Å². The molecule has 1 spiro atoms. The van der Waals surface area contributed by atoms with Crippen molar-refractivity contribution in [3.63, 3.8) is 0 Å². The normalized spacial score (nSPS) is 25.1. The summed E-state index contributed by atoms with van der Waals surface area (Å²) >= 11 is 0. The highest BCUT2D eigenvalue weighted by atomic mass is 16.5. The second kappa shape index (κ2) is 12.9. The summed E-state index contributed by atoms with van der Waals surface area (Å²) in [5, 5.41) is 10.8. The summed E-state index contributed by atoms with van der Waals surface area (Å²) in [6.45, 7) is 7.75. The van der Waals surface area contributed by atoms with Crippen LogP contribution in [0.25, 0.3) is 0 Å². The molecule has 6 rings (SSSR count). The number of amides is 3. The van der Waals surface area contributed by atoms with Crippen molar-refractivity contribution in [3.8, 4) is 5.75 Å². The van der Waals surface area contributed by atoms with Crippen molar-refractivity contribution >= 4 is 29.1 Å². The van der Waals surface area contributed by atoms with Crippen molar-refractivity contribution in [2.45, 2.75) is 36.6 Å². The van der Waals surface area contributed by atoms with E-state index in [-0.39, 0.29) is 30.8 Å². The lowest BCUT2D eigenvalue weighted by Gasteiger charge is -2.39. The quantitative estimate of drug-likeness (QED) is 0.298. The number of likely N-dealkylation sites (tertiary alicyclic amines) is 1. The zero-order valence-electron chi connectivity index (χ0n) is 25.9. The van der Waals surface area contributed by atoms with E-state index in [1.165, 1.54) is 4.90 Å². The molecule has 0 radical (unpaired) electrons. The van der Waals surface area contributed by atoms with Gasteiger partial charge in [0.15, 0.2) is 0 Å². The van der Waals surface area contributed by atoms with Crippen LogP contribution in [0.15, 0.2) is 110 Å². The Hall–Kier alpha value is -4.73. The smallest absolute Gasteiger partial charge is 0.253 e. The first-order valence-electron chi connectivity index (χ1n) is 15.6. The van der Waals surface area contributed by atoms with Crippen LogP contribution < -0.4 is 14.5 Å². The number of carbonyl (C=O) groups is 3. The molecular weight excluding hydrogens is 582 g/mol. The maximum Gasteiger partial charge on any atom is 0.253 e. The summed E-state index contributed by atoms with van der Waals surface area (Å²) in [4.78, 5) is 48.9. The first kappa shape index (κ1) is 31.3. The molecule has 3 saturated heterocycles. The summed E-state index contributed by atoms with van der Waals surface area (Å²) in [7, 11) is 1.57. The third kappa shape index (κ3) is 5.09.